The summed E-state index contributed by atoms with van der Waals surface area (Å²) in [4.78, 5) is 25.9. The highest BCUT2D eigenvalue weighted by Gasteiger charge is 2.22. The minimum atomic E-state index is -0.422. The van der Waals surface area contributed by atoms with Gasteiger partial charge in [0.25, 0.3) is 0 Å². The van der Waals surface area contributed by atoms with E-state index < -0.39 is 5.97 Å². The maximum atomic E-state index is 12.5. The van der Waals surface area contributed by atoms with Crippen molar-refractivity contribution in [3.05, 3.63) is 59.4 Å². The molecule has 1 aliphatic heterocycles. The number of aryl methyl sites for hydroxylation is 2. The van der Waals surface area contributed by atoms with Crippen LogP contribution in [0.1, 0.15) is 34.5 Å². The van der Waals surface area contributed by atoms with E-state index in [1.807, 2.05) is 12.1 Å². The van der Waals surface area contributed by atoms with E-state index in [2.05, 4.69) is 5.32 Å². The summed E-state index contributed by atoms with van der Waals surface area (Å²) < 4.78 is 11.5. The van der Waals surface area contributed by atoms with Gasteiger partial charge in [-0.2, -0.15) is 0 Å². The highest BCUT2D eigenvalue weighted by molar-refractivity contribution is 5.96. The van der Waals surface area contributed by atoms with Gasteiger partial charge in [-0.25, -0.2) is 9.59 Å². The fraction of sp³-hybridized carbons (Fsp3) is 0.273. The lowest BCUT2D eigenvalue weighted by atomic mass is 9.96. The van der Waals surface area contributed by atoms with E-state index in [1.165, 1.54) is 5.56 Å². The second-order valence-corrected chi connectivity index (χ2v) is 7.19. The summed E-state index contributed by atoms with van der Waals surface area (Å²) in [6.07, 6.45) is 4.29. The van der Waals surface area contributed by atoms with E-state index in [0.29, 0.717) is 24.4 Å². The largest absolute Gasteiger partial charge is 0.461 e. The van der Waals surface area contributed by atoms with Crippen molar-refractivity contribution in [3.8, 4) is 5.75 Å². The van der Waals surface area contributed by atoms with Gasteiger partial charge in [-0.15, -0.1) is 0 Å². The SMILES string of the molecule is O=C(Oc1ccc2oc3c(c2c1)CCCC3)c1ccc(N2CCNC2=O)cc1. The number of nitrogens with zero attached hydrogens (tertiary/aromatic N) is 1. The number of ether oxygens (including phenoxy) is 1. The molecular formula is C22H20N2O4. The smallest absolute Gasteiger partial charge is 0.343 e. The monoisotopic (exact) mass is 376 g/mol. The highest BCUT2D eigenvalue weighted by atomic mass is 16.5. The van der Waals surface area contributed by atoms with Crippen LogP contribution in [0.3, 0.4) is 0 Å². The number of hydrogen-bond acceptors (Lipinski definition) is 4. The fourth-order valence-electron chi connectivity index (χ4n) is 3.97. The van der Waals surface area contributed by atoms with Crippen molar-refractivity contribution >= 4 is 28.7 Å². The first-order chi connectivity index (χ1) is 13.7. The molecule has 1 fully saturated rings. The number of furan rings is 1. The van der Waals surface area contributed by atoms with Gasteiger partial charge in [-0.05, 0) is 61.7 Å². The molecule has 0 saturated carbocycles. The maximum Gasteiger partial charge on any atom is 0.343 e. The van der Waals surface area contributed by atoms with Crippen molar-refractivity contribution in [2.45, 2.75) is 25.7 Å². The van der Waals surface area contributed by atoms with Gasteiger partial charge in [0, 0.05) is 36.1 Å². The first-order valence-corrected chi connectivity index (χ1v) is 9.61. The van der Waals surface area contributed by atoms with Crippen LogP contribution in [0, 0.1) is 0 Å². The van der Waals surface area contributed by atoms with Crippen molar-refractivity contribution in [2.24, 2.45) is 0 Å². The molecule has 1 aliphatic carbocycles. The molecular weight excluding hydrogens is 356 g/mol. The summed E-state index contributed by atoms with van der Waals surface area (Å²) in [6, 6.07) is 12.3. The quantitative estimate of drug-likeness (QED) is 0.553. The van der Waals surface area contributed by atoms with Crippen LogP contribution in [0.5, 0.6) is 5.75 Å². The van der Waals surface area contributed by atoms with Crippen molar-refractivity contribution in [1.29, 1.82) is 0 Å². The van der Waals surface area contributed by atoms with Crippen molar-refractivity contribution in [1.82, 2.24) is 5.32 Å². The van der Waals surface area contributed by atoms with E-state index in [9.17, 15) is 9.59 Å². The van der Waals surface area contributed by atoms with Gasteiger partial charge in [-0.1, -0.05) is 0 Å². The summed E-state index contributed by atoms with van der Waals surface area (Å²) >= 11 is 0. The summed E-state index contributed by atoms with van der Waals surface area (Å²) in [5, 5.41) is 3.80. The second kappa shape index (κ2) is 6.71. The molecule has 2 aliphatic rings. The lowest BCUT2D eigenvalue weighted by molar-refractivity contribution is 0.0735. The number of urea groups is 1. The lowest BCUT2D eigenvalue weighted by Crippen LogP contribution is -2.27. The molecule has 6 heteroatoms. The molecule has 142 valence electrons. The van der Waals surface area contributed by atoms with Crippen LogP contribution in [-0.4, -0.2) is 25.1 Å². The summed E-state index contributed by atoms with van der Waals surface area (Å²) in [7, 11) is 0. The minimum absolute atomic E-state index is 0.118. The molecule has 3 aromatic rings. The third-order valence-electron chi connectivity index (χ3n) is 5.41. The Hall–Kier alpha value is -3.28. The Balaban J connectivity index is 1.35. The third-order valence-corrected chi connectivity index (χ3v) is 5.41. The molecule has 5 rings (SSSR count). The number of amides is 2. The predicted molar refractivity (Wildman–Crippen MR) is 105 cm³/mol. The maximum absolute atomic E-state index is 12.5. The molecule has 0 unspecified atom stereocenters. The zero-order chi connectivity index (χ0) is 19.1. The first-order valence-electron chi connectivity index (χ1n) is 9.61. The van der Waals surface area contributed by atoms with Gasteiger partial charge in [0.1, 0.15) is 17.1 Å². The van der Waals surface area contributed by atoms with Crippen LogP contribution in [0.25, 0.3) is 11.0 Å². The minimum Gasteiger partial charge on any atom is -0.461 e. The Morgan fingerprint density at radius 3 is 2.68 bits per heavy atom. The van der Waals surface area contributed by atoms with Crippen LogP contribution in [-0.2, 0) is 12.8 Å². The van der Waals surface area contributed by atoms with Crippen LogP contribution >= 0.6 is 0 Å². The van der Waals surface area contributed by atoms with Crippen molar-refractivity contribution < 1.29 is 18.7 Å². The standard InChI is InChI=1S/C22H20N2O4/c25-21(14-5-7-15(8-6-14)24-12-11-23-22(24)26)27-16-9-10-20-18(13-16)17-3-1-2-4-19(17)28-20/h5-10,13H,1-4,11-12H2,(H,23,26). The molecule has 1 N–H and O–H groups in total. The first kappa shape index (κ1) is 16.9. The molecule has 2 heterocycles. The summed E-state index contributed by atoms with van der Waals surface area (Å²) in [5.41, 5.74) is 3.29. The van der Waals surface area contributed by atoms with E-state index in [-0.39, 0.29) is 6.03 Å². The molecule has 1 aromatic heterocycles. The average molecular weight is 376 g/mol. The molecule has 0 radical (unpaired) electrons. The Kier molecular flexibility index (Phi) is 4.04. The molecule has 0 spiro atoms. The number of rotatable bonds is 3. The second-order valence-electron chi connectivity index (χ2n) is 7.19. The number of esters is 1. The Morgan fingerprint density at radius 1 is 1.07 bits per heavy atom. The van der Waals surface area contributed by atoms with Crippen molar-refractivity contribution in [3.63, 3.8) is 0 Å². The third kappa shape index (κ3) is 2.91. The topological polar surface area (TPSA) is 71.8 Å². The number of nitrogens with one attached hydrogen (secondary N) is 1. The van der Waals surface area contributed by atoms with E-state index in [0.717, 1.165) is 48.1 Å². The van der Waals surface area contributed by atoms with Gasteiger partial charge in [-0.3, -0.25) is 4.90 Å². The molecule has 2 aromatic carbocycles. The van der Waals surface area contributed by atoms with E-state index in [1.54, 1.807) is 35.2 Å². The number of hydrogen-bond donors (Lipinski definition) is 1. The molecule has 28 heavy (non-hydrogen) atoms. The number of fused-ring (bicyclic) bond motifs is 3. The van der Waals surface area contributed by atoms with Gasteiger partial charge in [0.05, 0.1) is 5.56 Å². The van der Waals surface area contributed by atoms with Gasteiger partial charge in [0.2, 0.25) is 0 Å². The van der Waals surface area contributed by atoms with Crippen LogP contribution in [0.4, 0.5) is 10.5 Å². The highest BCUT2D eigenvalue weighted by Crippen LogP contribution is 2.34. The molecule has 0 bridgehead atoms. The van der Waals surface area contributed by atoms with Crippen LogP contribution in [0.15, 0.2) is 46.9 Å². The molecule has 0 atom stereocenters. The molecule has 6 nitrogen and oxygen atoms in total. The zero-order valence-corrected chi connectivity index (χ0v) is 15.4. The zero-order valence-electron chi connectivity index (χ0n) is 15.4. The molecule has 1 saturated heterocycles. The summed E-state index contributed by atoms with van der Waals surface area (Å²) in [5.74, 6) is 1.15. The van der Waals surface area contributed by atoms with Crippen LogP contribution < -0.4 is 15.0 Å². The van der Waals surface area contributed by atoms with Gasteiger partial charge in [0.15, 0.2) is 0 Å². The Morgan fingerprint density at radius 2 is 1.89 bits per heavy atom. The fourth-order valence-corrected chi connectivity index (χ4v) is 3.97. The number of carbonyl (C=O) groups excluding carboxylic acids is 2. The van der Waals surface area contributed by atoms with E-state index in [4.69, 9.17) is 9.15 Å². The Labute approximate surface area is 162 Å². The lowest BCUT2D eigenvalue weighted by Gasteiger charge is -2.14. The molecule has 2 amide bonds. The van der Waals surface area contributed by atoms with Crippen molar-refractivity contribution in [2.75, 3.05) is 18.0 Å². The number of anilines is 1. The average Bonchev–Trinajstić information content (AvgIpc) is 3.31. The normalized spacial score (nSPS) is 16.1. The predicted octanol–water partition coefficient (Wildman–Crippen LogP) is 4.06. The number of carbonyl (C=O) groups is 2. The summed E-state index contributed by atoms with van der Waals surface area (Å²) in [6.45, 7) is 1.25. The van der Waals surface area contributed by atoms with Gasteiger partial charge < -0.3 is 14.5 Å². The Bertz CT molecular complexity index is 1070. The van der Waals surface area contributed by atoms with Crippen LogP contribution in [0.2, 0.25) is 0 Å². The van der Waals surface area contributed by atoms with E-state index >= 15 is 0 Å². The number of benzene rings is 2. The van der Waals surface area contributed by atoms with Gasteiger partial charge >= 0.3 is 12.0 Å².